The second-order valence-corrected chi connectivity index (χ2v) is 6.26. The molecule has 1 heterocycles. The predicted molar refractivity (Wildman–Crippen MR) is 79.1 cm³/mol. The fraction of sp³-hybridized carbons (Fsp3) is 0.750. The smallest absolute Gasteiger partial charge is 0.225 e. The molecule has 20 heavy (non-hydrogen) atoms. The Balaban J connectivity index is 1.80. The van der Waals surface area contributed by atoms with E-state index in [1.165, 1.54) is 31.3 Å². The first-order valence-corrected chi connectivity index (χ1v) is 7.82. The number of nitrogens with one attached hydrogen (secondary N) is 1. The van der Waals surface area contributed by atoms with Crippen LogP contribution in [0.3, 0.4) is 0 Å². The van der Waals surface area contributed by atoms with Crippen molar-refractivity contribution in [2.24, 2.45) is 5.92 Å². The Labute approximate surface area is 121 Å². The van der Waals surface area contributed by atoms with E-state index in [2.05, 4.69) is 11.4 Å². The number of carbonyl (C=O) groups excluding carboxylic acids is 2. The second-order valence-electron chi connectivity index (χ2n) is 6.26. The Morgan fingerprint density at radius 3 is 2.90 bits per heavy atom. The summed E-state index contributed by atoms with van der Waals surface area (Å²) in [6, 6.07) is 0.138. The van der Waals surface area contributed by atoms with Gasteiger partial charge in [0.1, 0.15) is 0 Å². The van der Waals surface area contributed by atoms with Gasteiger partial charge in [-0.25, -0.2) is 0 Å². The van der Waals surface area contributed by atoms with Crippen LogP contribution in [0.2, 0.25) is 0 Å². The third kappa shape index (κ3) is 4.09. The molecule has 1 fully saturated rings. The average Bonchev–Trinajstić information content (AvgIpc) is 2.78. The number of allylic oxidation sites excluding steroid dienone is 1. The van der Waals surface area contributed by atoms with E-state index in [4.69, 9.17) is 0 Å². The summed E-state index contributed by atoms with van der Waals surface area (Å²) < 4.78 is 0. The van der Waals surface area contributed by atoms with E-state index in [1.54, 1.807) is 0 Å². The van der Waals surface area contributed by atoms with E-state index >= 15 is 0 Å². The van der Waals surface area contributed by atoms with Gasteiger partial charge in [-0.15, -0.1) is 0 Å². The molecule has 4 nitrogen and oxygen atoms in total. The molecule has 0 saturated carbocycles. The normalized spacial score (nSPS) is 23.1. The maximum Gasteiger partial charge on any atom is 0.225 e. The van der Waals surface area contributed by atoms with Gasteiger partial charge in [0.25, 0.3) is 0 Å². The number of rotatable bonds is 5. The van der Waals surface area contributed by atoms with Gasteiger partial charge in [0, 0.05) is 25.6 Å². The zero-order valence-corrected chi connectivity index (χ0v) is 12.7. The van der Waals surface area contributed by atoms with Gasteiger partial charge in [-0.05, 0) is 46.0 Å². The zero-order valence-electron chi connectivity index (χ0n) is 12.7. The molecule has 0 aromatic carbocycles. The highest BCUT2D eigenvalue weighted by Crippen LogP contribution is 2.23. The van der Waals surface area contributed by atoms with Crippen LogP contribution in [0.1, 0.15) is 52.4 Å². The highest BCUT2D eigenvalue weighted by atomic mass is 16.2. The lowest BCUT2D eigenvalue weighted by atomic mass is 9.97. The van der Waals surface area contributed by atoms with Gasteiger partial charge < -0.3 is 10.2 Å². The Morgan fingerprint density at radius 1 is 1.45 bits per heavy atom. The van der Waals surface area contributed by atoms with Crippen LogP contribution in [0.25, 0.3) is 0 Å². The predicted octanol–water partition coefficient (Wildman–Crippen LogP) is 2.25. The molecule has 2 aliphatic rings. The van der Waals surface area contributed by atoms with Crippen molar-refractivity contribution in [3.8, 4) is 0 Å². The molecular formula is C16H26N2O2. The number of likely N-dealkylation sites (tertiary alicyclic amines) is 1. The molecule has 1 unspecified atom stereocenters. The van der Waals surface area contributed by atoms with Crippen molar-refractivity contribution in [1.29, 1.82) is 0 Å². The quantitative estimate of drug-likeness (QED) is 0.784. The lowest BCUT2D eigenvalue weighted by Gasteiger charge is -2.19. The van der Waals surface area contributed by atoms with Crippen molar-refractivity contribution in [1.82, 2.24) is 10.2 Å². The van der Waals surface area contributed by atoms with Gasteiger partial charge in [-0.3, -0.25) is 9.59 Å². The number of hydrogen-bond acceptors (Lipinski definition) is 2. The fourth-order valence-corrected chi connectivity index (χ4v) is 2.98. The molecule has 0 bridgehead atoms. The monoisotopic (exact) mass is 278 g/mol. The van der Waals surface area contributed by atoms with Crippen molar-refractivity contribution in [2.75, 3.05) is 13.1 Å². The molecular weight excluding hydrogens is 252 g/mol. The third-order valence-corrected chi connectivity index (χ3v) is 4.10. The summed E-state index contributed by atoms with van der Waals surface area (Å²) in [5.74, 6) is -0.0108. The van der Waals surface area contributed by atoms with Gasteiger partial charge in [-0.1, -0.05) is 11.6 Å². The van der Waals surface area contributed by atoms with E-state index in [-0.39, 0.29) is 23.8 Å². The number of carbonyl (C=O) groups is 2. The van der Waals surface area contributed by atoms with E-state index in [9.17, 15) is 9.59 Å². The number of hydrogen-bond donors (Lipinski definition) is 1. The van der Waals surface area contributed by atoms with Gasteiger partial charge >= 0.3 is 0 Å². The van der Waals surface area contributed by atoms with Gasteiger partial charge in [0.15, 0.2) is 0 Å². The molecule has 1 aliphatic heterocycles. The summed E-state index contributed by atoms with van der Waals surface area (Å²) in [5.41, 5.74) is 1.49. The van der Waals surface area contributed by atoms with Crippen LogP contribution in [-0.2, 0) is 9.59 Å². The average molecular weight is 278 g/mol. The van der Waals surface area contributed by atoms with Crippen LogP contribution < -0.4 is 5.32 Å². The topological polar surface area (TPSA) is 49.4 Å². The van der Waals surface area contributed by atoms with Crippen LogP contribution in [0.15, 0.2) is 11.6 Å². The molecule has 0 radical (unpaired) electrons. The Bertz CT molecular complexity index is 401. The maximum absolute atomic E-state index is 12.0. The van der Waals surface area contributed by atoms with Gasteiger partial charge in [0.2, 0.25) is 11.8 Å². The minimum absolute atomic E-state index is 0.0210. The molecule has 4 heteroatoms. The van der Waals surface area contributed by atoms with Crippen LogP contribution in [0, 0.1) is 5.92 Å². The summed E-state index contributed by atoms with van der Waals surface area (Å²) in [4.78, 5) is 25.8. The zero-order chi connectivity index (χ0) is 14.5. The highest BCUT2D eigenvalue weighted by Gasteiger charge is 2.34. The molecule has 1 saturated heterocycles. The van der Waals surface area contributed by atoms with Crippen molar-refractivity contribution in [2.45, 2.75) is 58.4 Å². The van der Waals surface area contributed by atoms with Crippen molar-refractivity contribution in [3.05, 3.63) is 11.6 Å². The van der Waals surface area contributed by atoms with E-state index in [1.807, 2.05) is 18.7 Å². The molecule has 0 aromatic rings. The summed E-state index contributed by atoms with van der Waals surface area (Å²) >= 11 is 0. The highest BCUT2D eigenvalue weighted by molar-refractivity contribution is 5.89. The van der Waals surface area contributed by atoms with E-state index in [0.717, 1.165) is 13.0 Å². The van der Waals surface area contributed by atoms with Crippen molar-refractivity contribution >= 4 is 11.8 Å². The van der Waals surface area contributed by atoms with Crippen LogP contribution in [0.5, 0.6) is 0 Å². The minimum Gasteiger partial charge on any atom is -0.354 e. The Kier molecular flexibility index (Phi) is 5.21. The Morgan fingerprint density at radius 2 is 2.25 bits per heavy atom. The van der Waals surface area contributed by atoms with Crippen molar-refractivity contribution < 1.29 is 9.59 Å². The lowest BCUT2D eigenvalue weighted by Crippen LogP contribution is -2.37. The summed E-state index contributed by atoms with van der Waals surface area (Å²) in [7, 11) is 0. The maximum atomic E-state index is 12.0. The number of nitrogens with zero attached hydrogens (tertiary/aromatic N) is 1. The molecule has 1 aliphatic carbocycles. The molecule has 1 N–H and O–H groups in total. The van der Waals surface area contributed by atoms with Crippen LogP contribution >= 0.6 is 0 Å². The molecule has 0 spiro atoms. The third-order valence-electron chi connectivity index (χ3n) is 4.10. The van der Waals surface area contributed by atoms with Crippen molar-refractivity contribution in [3.63, 3.8) is 0 Å². The van der Waals surface area contributed by atoms with Crippen LogP contribution in [-0.4, -0.2) is 35.8 Å². The molecule has 112 valence electrons. The largest absolute Gasteiger partial charge is 0.354 e. The first-order chi connectivity index (χ1) is 9.56. The lowest BCUT2D eigenvalue weighted by molar-refractivity contribution is -0.129. The standard InChI is InChI=1S/C16H26N2O2/c1-12(2)17-16(20)14-10-15(19)18(11-14)9-8-13-6-4-3-5-7-13/h6,12,14H,3-5,7-11H2,1-2H3,(H,17,20). The SMILES string of the molecule is CC(C)NC(=O)C1CC(=O)N(CCC2=CCCCC2)C1. The molecule has 2 amide bonds. The summed E-state index contributed by atoms with van der Waals surface area (Å²) in [6.07, 6.45) is 8.61. The molecule has 2 rings (SSSR count). The minimum atomic E-state index is -0.162. The Hall–Kier alpha value is -1.32. The fourth-order valence-electron chi connectivity index (χ4n) is 2.98. The van der Waals surface area contributed by atoms with Gasteiger partial charge in [0.05, 0.1) is 5.92 Å². The number of amides is 2. The molecule has 0 aromatic heterocycles. The molecule has 1 atom stereocenters. The second kappa shape index (κ2) is 6.91. The van der Waals surface area contributed by atoms with E-state index < -0.39 is 0 Å². The first kappa shape index (κ1) is 15.1. The first-order valence-electron chi connectivity index (χ1n) is 7.82. The van der Waals surface area contributed by atoms with Crippen LogP contribution in [0.4, 0.5) is 0 Å². The van der Waals surface area contributed by atoms with Gasteiger partial charge in [-0.2, -0.15) is 0 Å². The van der Waals surface area contributed by atoms with E-state index in [0.29, 0.717) is 13.0 Å². The summed E-state index contributed by atoms with van der Waals surface area (Å²) in [6.45, 7) is 5.25. The summed E-state index contributed by atoms with van der Waals surface area (Å²) in [5, 5.41) is 2.90.